The maximum absolute atomic E-state index is 13.5. The summed E-state index contributed by atoms with van der Waals surface area (Å²) in [5.74, 6) is -0.617. The lowest BCUT2D eigenvalue weighted by Gasteiger charge is -2.19. The molecule has 0 unspecified atom stereocenters. The Morgan fingerprint density at radius 3 is 2.31 bits per heavy atom. The number of benzene rings is 3. The first-order valence-electron chi connectivity index (χ1n) is 11.1. The Bertz CT molecular complexity index is 1540. The quantitative estimate of drug-likeness (QED) is 0.230. The highest BCUT2D eigenvalue weighted by atomic mass is 32.2. The van der Waals surface area contributed by atoms with Gasteiger partial charge in [-0.05, 0) is 61.2 Å². The Morgan fingerprint density at radius 1 is 0.971 bits per heavy atom. The summed E-state index contributed by atoms with van der Waals surface area (Å²) >= 11 is 0. The Balaban J connectivity index is 1.76. The Labute approximate surface area is 203 Å². The largest absolute Gasteiger partial charge is 0.424 e. The number of hydrogen-bond acceptors (Lipinski definition) is 6. The average Bonchev–Trinajstić information content (AvgIpc) is 2.82. The van der Waals surface area contributed by atoms with Crippen LogP contribution in [0.15, 0.2) is 86.9 Å². The molecule has 0 fully saturated rings. The van der Waals surface area contributed by atoms with Crippen molar-refractivity contribution in [2.24, 2.45) is 0 Å². The highest BCUT2D eigenvalue weighted by molar-refractivity contribution is 7.89. The zero-order valence-electron chi connectivity index (χ0n) is 19.6. The number of carbonyl (C=O) groups excluding carboxylic acids is 1. The topological polar surface area (TPSA) is 103 Å². The van der Waals surface area contributed by atoms with Crippen molar-refractivity contribution >= 4 is 27.0 Å². The van der Waals surface area contributed by atoms with Crippen molar-refractivity contribution in [1.82, 2.24) is 4.72 Å². The molecule has 0 aliphatic carbocycles. The number of rotatable bonds is 7. The number of fused-ring (bicyclic) bond motifs is 1. The summed E-state index contributed by atoms with van der Waals surface area (Å²) in [7, 11) is -4.04. The summed E-state index contributed by atoms with van der Waals surface area (Å²) in [5, 5.41) is 0.499. The summed E-state index contributed by atoms with van der Waals surface area (Å²) in [5.41, 5.74) is 2.52. The summed E-state index contributed by atoms with van der Waals surface area (Å²) in [4.78, 5) is 25.5. The van der Waals surface area contributed by atoms with E-state index in [-0.39, 0.29) is 10.6 Å². The Morgan fingerprint density at radius 2 is 1.66 bits per heavy atom. The summed E-state index contributed by atoms with van der Waals surface area (Å²) in [6.07, 6.45) is 0.512. The van der Waals surface area contributed by atoms with E-state index in [0.29, 0.717) is 34.1 Å². The molecule has 0 amide bonds. The molecule has 35 heavy (non-hydrogen) atoms. The Hall–Kier alpha value is -3.75. The van der Waals surface area contributed by atoms with Gasteiger partial charge in [0.15, 0.2) is 0 Å². The summed E-state index contributed by atoms with van der Waals surface area (Å²) in [6, 6.07) is 18.2. The fourth-order valence-corrected chi connectivity index (χ4v) is 5.01. The van der Waals surface area contributed by atoms with E-state index in [0.717, 1.165) is 5.56 Å². The second-order valence-corrected chi connectivity index (χ2v) is 9.99. The average molecular weight is 492 g/mol. The molecule has 1 heterocycles. The van der Waals surface area contributed by atoms with E-state index in [1.165, 1.54) is 18.2 Å². The third-order valence-corrected chi connectivity index (χ3v) is 7.04. The standard InChI is InChI=1S/C27H25NO6S/c1-4-19-16-24(29)33-22-14-18(3)15-23(25(19)22)34-27(30)26(20-8-6-5-7-9-20)28-35(31,32)21-12-10-17(2)11-13-21/h5-16,26,28H,4H2,1-3H3/t26-/m0/s1. The summed E-state index contributed by atoms with van der Waals surface area (Å²) < 4.78 is 39.9. The van der Waals surface area contributed by atoms with Crippen LogP contribution >= 0.6 is 0 Å². The predicted molar refractivity (Wildman–Crippen MR) is 133 cm³/mol. The van der Waals surface area contributed by atoms with Crippen molar-refractivity contribution in [3.63, 3.8) is 0 Å². The molecule has 1 atom stereocenters. The number of sulfonamides is 1. The zero-order chi connectivity index (χ0) is 25.2. The molecule has 0 aliphatic heterocycles. The van der Waals surface area contributed by atoms with Crippen LogP contribution < -0.4 is 15.1 Å². The van der Waals surface area contributed by atoms with Crippen molar-refractivity contribution in [3.05, 3.63) is 105 Å². The minimum absolute atomic E-state index is 0.0351. The molecule has 1 aromatic heterocycles. The van der Waals surface area contributed by atoms with E-state index >= 15 is 0 Å². The van der Waals surface area contributed by atoms with Crippen molar-refractivity contribution < 1.29 is 22.4 Å². The number of hydrogen-bond donors (Lipinski definition) is 1. The lowest BCUT2D eigenvalue weighted by Crippen LogP contribution is -2.36. The number of nitrogens with one attached hydrogen (secondary N) is 1. The lowest BCUT2D eigenvalue weighted by molar-refractivity contribution is -0.136. The lowest BCUT2D eigenvalue weighted by atomic mass is 10.0. The molecule has 3 aromatic carbocycles. The van der Waals surface area contributed by atoms with Crippen molar-refractivity contribution in [2.75, 3.05) is 0 Å². The maximum atomic E-state index is 13.5. The van der Waals surface area contributed by atoms with Crippen LogP contribution in [0, 0.1) is 13.8 Å². The number of esters is 1. The molecule has 4 aromatic rings. The fourth-order valence-electron chi connectivity index (χ4n) is 3.84. The van der Waals surface area contributed by atoms with Crippen LogP contribution in [0.2, 0.25) is 0 Å². The van der Waals surface area contributed by atoms with E-state index in [2.05, 4.69) is 4.72 Å². The third-order valence-electron chi connectivity index (χ3n) is 5.60. The van der Waals surface area contributed by atoms with Gasteiger partial charge in [-0.1, -0.05) is 55.0 Å². The Kier molecular flexibility index (Phi) is 6.86. The second-order valence-electron chi connectivity index (χ2n) is 8.28. The van der Waals surface area contributed by atoms with E-state index in [1.807, 2.05) is 13.8 Å². The molecule has 4 rings (SSSR count). The third kappa shape index (κ3) is 5.34. The molecule has 8 heteroatoms. The molecule has 7 nitrogen and oxygen atoms in total. The van der Waals surface area contributed by atoms with Gasteiger partial charge in [0.1, 0.15) is 17.4 Å². The normalized spacial score (nSPS) is 12.4. The molecular weight excluding hydrogens is 466 g/mol. The SMILES string of the molecule is CCc1cc(=O)oc2cc(C)cc(OC(=O)[C@@H](NS(=O)(=O)c3ccc(C)cc3)c3ccccc3)c12. The molecule has 0 radical (unpaired) electrons. The minimum atomic E-state index is -4.04. The van der Waals surface area contributed by atoms with Gasteiger partial charge in [-0.15, -0.1) is 0 Å². The minimum Gasteiger partial charge on any atom is -0.424 e. The first-order valence-corrected chi connectivity index (χ1v) is 12.6. The van der Waals surface area contributed by atoms with E-state index in [4.69, 9.17) is 9.15 Å². The second kappa shape index (κ2) is 9.85. The van der Waals surface area contributed by atoms with Crippen LogP contribution in [0.1, 0.15) is 35.2 Å². The van der Waals surface area contributed by atoms with Gasteiger partial charge in [-0.3, -0.25) is 0 Å². The van der Waals surface area contributed by atoms with Crippen LogP contribution in [-0.4, -0.2) is 14.4 Å². The first kappa shape index (κ1) is 24.4. The van der Waals surface area contributed by atoms with E-state index < -0.39 is 27.7 Å². The van der Waals surface area contributed by atoms with Crippen LogP contribution in [-0.2, 0) is 21.2 Å². The van der Waals surface area contributed by atoms with Gasteiger partial charge in [0.25, 0.3) is 0 Å². The molecule has 0 saturated carbocycles. The van der Waals surface area contributed by atoms with Crippen LogP contribution in [0.3, 0.4) is 0 Å². The number of carbonyl (C=O) groups is 1. The van der Waals surface area contributed by atoms with Crippen molar-refractivity contribution in [2.45, 2.75) is 38.1 Å². The van der Waals surface area contributed by atoms with Gasteiger partial charge in [-0.25, -0.2) is 18.0 Å². The fraction of sp³-hybridized carbons (Fsp3) is 0.185. The van der Waals surface area contributed by atoms with Gasteiger partial charge >= 0.3 is 11.6 Å². The van der Waals surface area contributed by atoms with Gasteiger partial charge in [0.05, 0.1) is 10.3 Å². The molecule has 0 saturated heterocycles. The predicted octanol–water partition coefficient (Wildman–Crippen LogP) is 4.60. The van der Waals surface area contributed by atoms with Crippen LogP contribution in [0.4, 0.5) is 0 Å². The smallest absolute Gasteiger partial charge is 0.336 e. The summed E-state index contributed by atoms with van der Waals surface area (Å²) in [6.45, 7) is 5.51. The molecule has 0 aliphatic rings. The molecule has 0 bridgehead atoms. The van der Waals surface area contributed by atoms with E-state index in [1.54, 1.807) is 61.5 Å². The number of aryl methyl sites for hydroxylation is 3. The van der Waals surface area contributed by atoms with Gasteiger partial charge < -0.3 is 9.15 Å². The monoisotopic (exact) mass is 491 g/mol. The molecule has 0 spiro atoms. The van der Waals surface area contributed by atoms with Crippen molar-refractivity contribution in [3.8, 4) is 5.75 Å². The number of ether oxygens (including phenoxy) is 1. The highest BCUT2D eigenvalue weighted by Crippen LogP contribution is 2.31. The van der Waals surface area contributed by atoms with Gasteiger partial charge in [0, 0.05) is 6.07 Å². The van der Waals surface area contributed by atoms with E-state index in [9.17, 15) is 18.0 Å². The van der Waals surface area contributed by atoms with Crippen LogP contribution in [0.5, 0.6) is 5.75 Å². The maximum Gasteiger partial charge on any atom is 0.336 e. The van der Waals surface area contributed by atoms with Crippen LogP contribution in [0.25, 0.3) is 11.0 Å². The molecular formula is C27H25NO6S. The molecule has 180 valence electrons. The highest BCUT2D eigenvalue weighted by Gasteiger charge is 2.30. The molecule has 1 N–H and O–H groups in total. The van der Waals surface area contributed by atoms with Gasteiger partial charge in [0.2, 0.25) is 10.0 Å². The van der Waals surface area contributed by atoms with Crippen molar-refractivity contribution in [1.29, 1.82) is 0 Å². The first-order chi connectivity index (χ1) is 16.7. The zero-order valence-corrected chi connectivity index (χ0v) is 20.4. The van der Waals surface area contributed by atoms with Gasteiger partial charge in [-0.2, -0.15) is 4.72 Å².